The zero-order valence-corrected chi connectivity index (χ0v) is 22.3. The van der Waals surface area contributed by atoms with Crippen molar-refractivity contribution in [2.45, 2.75) is 6.42 Å². The summed E-state index contributed by atoms with van der Waals surface area (Å²) in [7, 11) is 0. The summed E-state index contributed by atoms with van der Waals surface area (Å²) in [5, 5.41) is 19.6. The molecule has 0 aliphatic rings. The van der Waals surface area contributed by atoms with Crippen LogP contribution in [0.1, 0.15) is 32.2 Å². The number of amides is 1. The van der Waals surface area contributed by atoms with Gasteiger partial charge in [-0.3, -0.25) is 10.2 Å². The molecular weight excluding hydrogens is 586 g/mol. The third kappa shape index (κ3) is 5.95. The maximum absolute atomic E-state index is 13.3. The number of tetrazole rings is 1. The number of H-pyrrole nitrogens is 1. The van der Waals surface area contributed by atoms with Crippen LogP contribution in [0.2, 0.25) is 15.1 Å². The van der Waals surface area contributed by atoms with Crippen LogP contribution in [0.4, 0.5) is 4.39 Å². The zero-order valence-electron chi connectivity index (χ0n) is 20.0. The van der Waals surface area contributed by atoms with E-state index in [1.807, 2.05) is 0 Å². The van der Waals surface area contributed by atoms with Gasteiger partial charge < -0.3 is 4.84 Å². The van der Waals surface area contributed by atoms with Gasteiger partial charge in [0.2, 0.25) is 0 Å². The summed E-state index contributed by atoms with van der Waals surface area (Å²) in [6, 6.07) is 16.4. The Hall–Kier alpha value is -4.36. The van der Waals surface area contributed by atoms with Crippen LogP contribution in [-0.4, -0.2) is 42.3 Å². The number of nitrogens with one attached hydrogen (secondary N) is 3. The molecule has 0 spiro atoms. The highest BCUT2D eigenvalue weighted by Gasteiger charge is 2.28. The molecule has 5 aromatic rings. The van der Waals surface area contributed by atoms with Gasteiger partial charge in [-0.1, -0.05) is 57.7 Å². The van der Waals surface area contributed by atoms with E-state index >= 15 is 0 Å². The Bertz CT molecular complexity index is 1680. The van der Waals surface area contributed by atoms with Gasteiger partial charge in [-0.15, -0.1) is 10.2 Å². The maximum atomic E-state index is 13.3. The maximum Gasteiger partial charge on any atom is 0.379 e. The molecule has 0 radical (unpaired) electrons. The van der Waals surface area contributed by atoms with E-state index in [0.29, 0.717) is 32.6 Å². The lowest BCUT2D eigenvalue weighted by molar-refractivity contribution is 0.0129. The van der Waals surface area contributed by atoms with Crippen molar-refractivity contribution in [2.75, 3.05) is 0 Å². The Morgan fingerprint density at radius 2 is 1.70 bits per heavy atom. The molecule has 2 heterocycles. The molecule has 15 heteroatoms. The fourth-order valence-corrected chi connectivity index (χ4v) is 4.38. The van der Waals surface area contributed by atoms with E-state index in [1.54, 1.807) is 36.4 Å². The van der Waals surface area contributed by atoms with Crippen molar-refractivity contribution in [3.8, 4) is 16.9 Å². The Kier molecular flexibility index (Phi) is 8.03. The molecule has 0 aliphatic heterocycles. The van der Waals surface area contributed by atoms with E-state index in [-0.39, 0.29) is 28.5 Å². The highest BCUT2D eigenvalue weighted by atomic mass is 35.5. The SMILES string of the molecule is O=C(NNOC(=O)c1nn(-c2ccc(Cl)cc2Cl)c(-c2ccc(Cl)cc2)c1Cc1nn[nH]n1)c1ccc(F)cc1. The molecule has 11 nitrogen and oxygen atoms in total. The summed E-state index contributed by atoms with van der Waals surface area (Å²) in [6.07, 6.45) is 0.0199. The first-order valence-electron chi connectivity index (χ1n) is 11.4. The zero-order chi connectivity index (χ0) is 28.2. The third-order valence-electron chi connectivity index (χ3n) is 5.57. The Morgan fingerprint density at radius 1 is 0.975 bits per heavy atom. The Labute approximate surface area is 240 Å². The summed E-state index contributed by atoms with van der Waals surface area (Å²) in [5.41, 5.74) is 6.21. The number of aromatic amines is 1. The van der Waals surface area contributed by atoms with Crippen molar-refractivity contribution in [3.63, 3.8) is 0 Å². The number of halogens is 4. The number of hydrogen-bond acceptors (Lipinski definition) is 8. The van der Waals surface area contributed by atoms with Crippen molar-refractivity contribution in [1.82, 2.24) is 41.4 Å². The molecule has 0 unspecified atom stereocenters. The van der Waals surface area contributed by atoms with E-state index in [1.165, 1.54) is 22.9 Å². The third-order valence-corrected chi connectivity index (χ3v) is 6.36. The van der Waals surface area contributed by atoms with E-state index < -0.39 is 17.7 Å². The van der Waals surface area contributed by atoms with Crippen LogP contribution in [0.15, 0.2) is 66.7 Å². The quantitative estimate of drug-likeness (QED) is 0.217. The lowest BCUT2D eigenvalue weighted by Gasteiger charge is -2.11. The predicted octanol–water partition coefficient (Wildman–Crippen LogP) is 4.75. The fourth-order valence-electron chi connectivity index (χ4n) is 3.77. The summed E-state index contributed by atoms with van der Waals surface area (Å²) in [4.78, 5) is 30.7. The molecule has 2 aromatic heterocycles. The average molecular weight is 602 g/mol. The van der Waals surface area contributed by atoms with Crippen LogP contribution in [0.25, 0.3) is 16.9 Å². The predicted molar refractivity (Wildman–Crippen MR) is 143 cm³/mol. The number of benzene rings is 3. The largest absolute Gasteiger partial charge is 0.379 e. The normalized spacial score (nSPS) is 10.9. The topological polar surface area (TPSA) is 140 Å². The lowest BCUT2D eigenvalue weighted by Crippen LogP contribution is -2.39. The highest BCUT2D eigenvalue weighted by molar-refractivity contribution is 6.35. The summed E-state index contributed by atoms with van der Waals surface area (Å²) >= 11 is 18.7. The van der Waals surface area contributed by atoms with Gasteiger partial charge in [0.05, 0.1) is 16.4 Å². The molecule has 3 aromatic carbocycles. The first-order chi connectivity index (χ1) is 19.3. The van der Waals surface area contributed by atoms with Gasteiger partial charge in [0.15, 0.2) is 11.5 Å². The Morgan fingerprint density at radius 3 is 2.38 bits per heavy atom. The molecule has 0 saturated carbocycles. The van der Waals surface area contributed by atoms with Crippen LogP contribution >= 0.6 is 34.8 Å². The number of aromatic nitrogens is 6. The number of rotatable bonds is 8. The molecule has 0 fully saturated rings. The molecule has 5 rings (SSSR count). The lowest BCUT2D eigenvalue weighted by atomic mass is 10.0. The molecule has 0 bridgehead atoms. The van der Waals surface area contributed by atoms with Crippen LogP contribution < -0.4 is 11.0 Å². The number of hydrogen-bond donors (Lipinski definition) is 3. The second kappa shape index (κ2) is 11.8. The van der Waals surface area contributed by atoms with E-state index in [4.69, 9.17) is 39.6 Å². The summed E-state index contributed by atoms with van der Waals surface area (Å²) in [6.45, 7) is 0. The monoisotopic (exact) mass is 600 g/mol. The molecule has 0 aliphatic carbocycles. The van der Waals surface area contributed by atoms with Gasteiger partial charge in [-0.05, 0) is 54.6 Å². The number of hydrazine groups is 1. The van der Waals surface area contributed by atoms with Crippen LogP contribution in [0, 0.1) is 5.82 Å². The minimum Gasteiger partial charge on any atom is -0.345 e. The van der Waals surface area contributed by atoms with Gasteiger partial charge >= 0.3 is 5.97 Å². The second-order valence-corrected chi connectivity index (χ2v) is 9.43. The first kappa shape index (κ1) is 27.2. The molecular formula is C25H16Cl3FN8O3. The van der Waals surface area contributed by atoms with Crippen molar-refractivity contribution < 1.29 is 18.8 Å². The first-order valence-corrected chi connectivity index (χ1v) is 12.5. The van der Waals surface area contributed by atoms with E-state index in [9.17, 15) is 14.0 Å². The van der Waals surface area contributed by atoms with Crippen molar-refractivity contribution in [3.05, 3.63) is 110 Å². The van der Waals surface area contributed by atoms with Gasteiger partial charge in [0.1, 0.15) is 5.82 Å². The fraction of sp³-hybridized carbons (Fsp3) is 0.0400. The van der Waals surface area contributed by atoms with Crippen LogP contribution in [0.5, 0.6) is 0 Å². The van der Waals surface area contributed by atoms with Gasteiger partial charge in [0.25, 0.3) is 5.91 Å². The number of carbonyl (C=O) groups excluding carboxylic acids is 2. The molecule has 202 valence electrons. The minimum absolute atomic E-state index is 0.0199. The highest BCUT2D eigenvalue weighted by Crippen LogP contribution is 2.34. The van der Waals surface area contributed by atoms with Crippen LogP contribution in [0.3, 0.4) is 0 Å². The molecule has 40 heavy (non-hydrogen) atoms. The van der Waals surface area contributed by atoms with Crippen LogP contribution in [-0.2, 0) is 11.3 Å². The number of nitrogens with zero attached hydrogens (tertiary/aromatic N) is 5. The van der Waals surface area contributed by atoms with Crippen molar-refractivity contribution in [2.24, 2.45) is 0 Å². The average Bonchev–Trinajstić information content (AvgIpc) is 3.58. The van der Waals surface area contributed by atoms with E-state index in [0.717, 1.165) is 12.1 Å². The van der Waals surface area contributed by atoms with Crippen molar-refractivity contribution in [1.29, 1.82) is 0 Å². The van der Waals surface area contributed by atoms with Gasteiger partial charge in [0, 0.05) is 33.2 Å². The summed E-state index contributed by atoms with van der Waals surface area (Å²) in [5.74, 6) is -1.85. The summed E-state index contributed by atoms with van der Waals surface area (Å²) < 4.78 is 14.6. The van der Waals surface area contributed by atoms with Gasteiger partial charge in [-0.25, -0.2) is 13.9 Å². The molecule has 0 atom stereocenters. The molecule has 0 saturated heterocycles. The second-order valence-electron chi connectivity index (χ2n) is 8.15. The van der Waals surface area contributed by atoms with Gasteiger partial charge in [-0.2, -0.15) is 10.3 Å². The minimum atomic E-state index is -0.947. The number of carbonyl (C=O) groups is 2. The van der Waals surface area contributed by atoms with E-state index in [2.05, 4.69) is 36.7 Å². The smallest absolute Gasteiger partial charge is 0.345 e. The Balaban J connectivity index is 1.54. The molecule has 3 N–H and O–H groups in total. The standard InChI is InChI=1S/C25H16Cl3FN8O3/c26-15-5-1-13(2-6-15)23-18(12-21-30-34-35-31-21)22(33-37(23)20-10-7-16(27)11-19(20)28)25(39)40-36-32-24(38)14-3-8-17(29)9-4-14/h1-11,36H,12H2,(H,32,38)(H,30,31,34,35). The van der Waals surface area contributed by atoms with Crippen molar-refractivity contribution >= 4 is 46.7 Å². The molecule has 1 amide bonds.